The van der Waals surface area contributed by atoms with Gasteiger partial charge in [0.2, 0.25) is 5.91 Å². The minimum Gasteiger partial charge on any atom is -0.331 e. The van der Waals surface area contributed by atoms with Gasteiger partial charge in [-0.05, 0) is 35.9 Å². The predicted molar refractivity (Wildman–Crippen MR) is 104 cm³/mol. The number of carbonyl (C=O) groups excluding carboxylic acids is 2. The standard InChI is InChI=1S/C19H17BrN4O2/c1-24-16-5-3-2-4-15(16)21-17(24)12-19(26)23-22-18(25)11-8-13-6-9-14(20)10-7-13/h2-11H,12H2,1H3,(H,22,25)(H,23,26)/b11-8+. The Morgan fingerprint density at radius 2 is 1.85 bits per heavy atom. The number of carbonyl (C=O) groups is 2. The smallest absolute Gasteiger partial charge is 0.262 e. The lowest BCUT2D eigenvalue weighted by Crippen LogP contribution is -2.41. The summed E-state index contributed by atoms with van der Waals surface area (Å²) in [5.74, 6) is -0.122. The maximum absolute atomic E-state index is 12.0. The Bertz CT molecular complexity index is 977. The van der Waals surface area contributed by atoms with Gasteiger partial charge in [0.05, 0.1) is 17.5 Å². The van der Waals surface area contributed by atoms with E-state index < -0.39 is 5.91 Å². The number of nitrogens with zero attached hydrogens (tertiary/aromatic N) is 2. The van der Waals surface area contributed by atoms with Gasteiger partial charge in [0.1, 0.15) is 5.82 Å². The molecule has 26 heavy (non-hydrogen) atoms. The normalized spacial score (nSPS) is 11.0. The lowest BCUT2D eigenvalue weighted by Gasteiger charge is -2.05. The fourth-order valence-electron chi connectivity index (χ4n) is 2.46. The van der Waals surface area contributed by atoms with Crippen molar-refractivity contribution in [3.05, 3.63) is 70.5 Å². The largest absolute Gasteiger partial charge is 0.331 e. The molecule has 0 unspecified atom stereocenters. The van der Waals surface area contributed by atoms with E-state index in [9.17, 15) is 9.59 Å². The molecule has 0 saturated heterocycles. The average molecular weight is 413 g/mol. The number of aromatic nitrogens is 2. The Morgan fingerprint density at radius 3 is 2.58 bits per heavy atom. The monoisotopic (exact) mass is 412 g/mol. The highest BCUT2D eigenvalue weighted by atomic mass is 79.9. The zero-order valence-electron chi connectivity index (χ0n) is 14.1. The summed E-state index contributed by atoms with van der Waals surface area (Å²) in [6.07, 6.45) is 3.10. The molecule has 2 amide bonds. The van der Waals surface area contributed by atoms with E-state index in [1.165, 1.54) is 6.08 Å². The van der Waals surface area contributed by atoms with Crippen LogP contribution in [0.15, 0.2) is 59.1 Å². The van der Waals surface area contributed by atoms with Gasteiger partial charge in [-0.2, -0.15) is 0 Å². The third-order valence-electron chi connectivity index (χ3n) is 3.82. The quantitative estimate of drug-likeness (QED) is 0.510. The first-order valence-corrected chi connectivity index (χ1v) is 8.75. The van der Waals surface area contributed by atoms with Crippen molar-refractivity contribution >= 4 is 44.9 Å². The van der Waals surface area contributed by atoms with Crippen LogP contribution in [0, 0.1) is 0 Å². The molecule has 6 nitrogen and oxygen atoms in total. The number of aryl methyl sites for hydroxylation is 1. The second kappa shape index (κ2) is 7.97. The molecule has 3 rings (SSSR count). The highest BCUT2D eigenvalue weighted by molar-refractivity contribution is 9.10. The molecule has 0 spiro atoms. The summed E-state index contributed by atoms with van der Waals surface area (Å²) >= 11 is 3.35. The third kappa shape index (κ3) is 4.37. The first-order valence-electron chi connectivity index (χ1n) is 7.96. The van der Waals surface area contributed by atoms with Crippen molar-refractivity contribution < 1.29 is 9.59 Å². The number of imidazole rings is 1. The Labute approximate surface area is 159 Å². The number of fused-ring (bicyclic) bond motifs is 1. The molecule has 3 aromatic rings. The number of hydrogen-bond donors (Lipinski definition) is 2. The van der Waals surface area contributed by atoms with E-state index in [0.29, 0.717) is 5.82 Å². The zero-order chi connectivity index (χ0) is 18.5. The van der Waals surface area contributed by atoms with Crippen molar-refractivity contribution in [3.63, 3.8) is 0 Å². The molecule has 2 N–H and O–H groups in total. The van der Waals surface area contributed by atoms with Gasteiger partial charge in [0.15, 0.2) is 0 Å². The second-order valence-corrected chi connectivity index (χ2v) is 6.59. The fraction of sp³-hybridized carbons (Fsp3) is 0.105. The first kappa shape index (κ1) is 17.9. The molecule has 0 aliphatic carbocycles. The third-order valence-corrected chi connectivity index (χ3v) is 4.35. The summed E-state index contributed by atoms with van der Waals surface area (Å²) < 4.78 is 2.83. The molecule has 1 heterocycles. The summed E-state index contributed by atoms with van der Waals surface area (Å²) in [6.45, 7) is 0. The summed E-state index contributed by atoms with van der Waals surface area (Å²) in [4.78, 5) is 28.3. The number of rotatable bonds is 4. The molecule has 2 aromatic carbocycles. The maximum atomic E-state index is 12.0. The molecular formula is C19H17BrN4O2. The number of nitrogens with one attached hydrogen (secondary N) is 2. The number of hydrogen-bond acceptors (Lipinski definition) is 3. The molecule has 0 atom stereocenters. The number of benzene rings is 2. The van der Waals surface area contributed by atoms with Crippen molar-refractivity contribution in [3.8, 4) is 0 Å². The van der Waals surface area contributed by atoms with Crippen molar-refractivity contribution in [1.82, 2.24) is 20.4 Å². The van der Waals surface area contributed by atoms with Gasteiger partial charge in [-0.15, -0.1) is 0 Å². The van der Waals surface area contributed by atoms with Crippen LogP contribution in [-0.4, -0.2) is 21.4 Å². The molecule has 132 valence electrons. The summed E-state index contributed by atoms with van der Waals surface area (Å²) in [6, 6.07) is 15.2. The minimum absolute atomic E-state index is 0.0713. The van der Waals surface area contributed by atoms with Gasteiger partial charge >= 0.3 is 0 Å². The molecule has 0 aliphatic rings. The van der Waals surface area contributed by atoms with E-state index in [0.717, 1.165) is 21.1 Å². The highest BCUT2D eigenvalue weighted by Gasteiger charge is 2.11. The van der Waals surface area contributed by atoms with Crippen molar-refractivity contribution in [1.29, 1.82) is 0 Å². The number of amides is 2. The lowest BCUT2D eigenvalue weighted by atomic mass is 10.2. The Hall–Kier alpha value is -2.93. The lowest BCUT2D eigenvalue weighted by molar-refractivity contribution is -0.126. The molecule has 0 radical (unpaired) electrons. The van der Waals surface area contributed by atoms with Crippen LogP contribution in [0.3, 0.4) is 0 Å². The first-order chi connectivity index (χ1) is 12.5. The Balaban J connectivity index is 1.54. The summed E-state index contributed by atoms with van der Waals surface area (Å²) in [5.41, 5.74) is 7.43. The Kier molecular flexibility index (Phi) is 5.48. The molecule has 0 saturated carbocycles. The second-order valence-electron chi connectivity index (χ2n) is 5.67. The van der Waals surface area contributed by atoms with Crippen LogP contribution in [-0.2, 0) is 23.1 Å². The van der Waals surface area contributed by atoms with Gasteiger partial charge in [-0.25, -0.2) is 4.98 Å². The van der Waals surface area contributed by atoms with E-state index >= 15 is 0 Å². The number of halogens is 1. The van der Waals surface area contributed by atoms with Crippen molar-refractivity contribution in [2.24, 2.45) is 7.05 Å². The molecule has 0 bridgehead atoms. The number of hydrazine groups is 1. The van der Waals surface area contributed by atoms with Gasteiger partial charge in [0.25, 0.3) is 5.91 Å². The van der Waals surface area contributed by atoms with E-state index in [-0.39, 0.29) is 12.3 Å². The van der Waals surface area contributed by atoms with Gasteiger partial charge in [-0.1, -0.05) is 40.2 Å². The van der Waals surface area contributed by atoms with E-state index in [4.69, 9.17) is 0 Å². The van der Waals surface area contributed by atoms with Crippen LogP contribution < -0.4 is 10.9 Å². The summed E-state index contributed by atoms with van der Waals surface area (Å²) in [5, 5.41) is 0. The van der Waals surface area contributed by atoms with E-state index in [1.54, 1.807) is 6.08 Å². The van der Waals surface area contributed by atoms with Crippen LogP contribution in [0.2, 0.25) is 0 Å². The Morgan fingerprint density at radius 1 is 1.12 bits per heavy atom. The summed E-state index contributed by atoms with van der Waals surface area (Å²) in [7, 11) is 1.86. The molecule has 0 fully saturated rings. The minimum atomic E-state index is -0.411. The van der Waals surface area contributed by atoms with Crippen molar-refractivity contribution in [2.75, 3.05) is 0 Å². The van der Waals surface area contributed by atoms with Gasteiger partial charge in [-0.3, -0.25) is 20.4 Å². The molecule has 1 aromatic heterocycles. The van der Waals surface area contributed by atoms with E-state index in [1.807, 2.05) is 60.1 Å². The van der Waals surface area contributed by atoms with E-state index in [2.05, 4.69) is 31.8 Å². The topological polar surface area (TPSA) is 76.0 Å². The molecule has 0 aliphatic heterocycles. The van der Waals surface area contributed by atoms with Crippen molar-refractivity contribution in [2.45, 2.75) is 6.42 Å². The van der Waals surface area contributed by atoms with Crippen LogP contribution in [0.25, 0.3) is 17.1 Å². The molecule has 7 heteroatoms. The van der Waals surface area contributed by atoms with Crippen LogP contribution >= 0.6 is 15.9 Å². The maximum Gasteiger partial charge on any atom is 0.262 e. The van der Waals surface area contributed by atoms with Crippen LogP contribution in [0.1, 0.15) is 11.4 Å². The van der Waals surface area contributed by atoms with Gasteiger partial charge < -0.3 is 4.57 Å². The number of para-hydroxylation sites is 2. The highest BCUT2D eigenvalue weighted by Crippen LogP contribution is 2.14. The SMILES string of the molecule is Cn1c(CC(=O)NNC(=O)/C=C/c2ccc(Br)cc2)nc2ccccc21. The van der Waals surface area contributed by atoms with Crippen LogP contribution in [0.5, 0.6) is 0 Å². The predicted octanol–water partition coefficient (Wildman–Crippen LogP) is 2.74. The van der Waals surface area contributed by atoms with Crippen LogP contribution in [0.4, 0.5) is 0 Å². The fourth-order valence-corrected chi connectivity index (χ4v) is 2.72. The average Bonchev–Trinajstić information content (AvgIpc) is 2.95. The van der Waals surface area contributed by atoms with Gasteiger partial charge in [0, 0.05) is 17.6 Å². The zero-order valence-corrected chi connectivity index (χ0v) is 15.7. The molecular weight excluding hydrogens is 396 g/mol.